The highest BCUT2D eigenvalue weighted by Crippen LogP contribution is 2.23. The maximum absolute atomic E-state index is 12.7. The lowest BCUT2D eigenvalue weighted by molar-refractivity contribution is -0.161. The fourth-order valence-corrected chi connectivity index (χ4v) is 3.65. The van der Waals surface area contributed by atoms with Crippen molar-refractivity contribution >= 4 is 17.8 Å². The molecule has 1 aliphatic rings. The van der Waals surface area contributed by atoms with E-state index in [1.165, 1.54) is 0 Å². The summed E-state index contributed by atoms with van der Waals surface area (Å²) in [6, 6.07) is 7.02. The molecule has 0 bridgehead atoms. The molecule has 7 heteroatoms. The first kappa shape index (κ1) is 23.7. The van der Waals surface area contributed by atoms with Crippen LogP contribution in [0.1, 0.15) is 70.2 Å². The number of unbranched alkanes of at least 4 members (excludes halogenated alkanes) is 1. The minimum absolute atomic E-state index is 0.135. The van der Waals surface area contributed by atoms with Gasteiger partial charge in [0.05, 0.1) is 6.61 Å². The molecule has 1 aromatic rings. The normalized spacial score (nSPS) is 19.7. The summed E-state index contributed by atoms with van der Waals surface area (Å²) in [4.78, 5) is 38.9. The Labute approximate surface area is 179 Å². The number of benzene rings is 1. The van der Waals surface area contributed by atoms with Gasteiger partial charge in [-0.1, -0.05) is 13.3 Å². The highest BCUT2D eigenvalue weighted by atomic mass is 16.5. The second-order valence-electron chi connectivity index (χ2n) is 7.92. The Morgan fingerprint density at radius 2 is 1.77 bits per heavy atom. The van der Waals surface area contributed by atoms with Gasteiger partial charge in [-0.2, -0.15) is 0 Å². The zero-order valence-electron chi connectivity index (χ0n) is 18.5. The Hall–Kier alpha value is -2.57. The number of piperidine rings is 1. The SMILES string of the molecule is CCCCOc1ccc(C(=O)NCC(=O)O[C@@H](C)C(=O)N2[C@H](C)CCC[C@@H]2C)cc1. The van der Waals surface area contributed by atoms with Gasteiger partial charge in [0.1, 0.15) is 12.3 Å². The molecule has 7 nitrogen and oxygen atoms in total. The fourth-order valence-electron chi connectivity index (χ4n) is 3.65. The van der Waals surface area contributed by atoms with Crippen molar-refractivity contribution < 1.29 is 23.9 Å². The van der Waals surface area contributed by atoms with E-state index in [1.807, 2.05) is 18.7 Å². The first-order valence-corrected chi connectivity index (χ1v) is 10.9. The van der Waals surface area contributed by atoms with E-state index in [0.29, 0.717) is 17.9 Å². The molecule has 2 rings (SSSR count). The molecule has 2 amide bonds. The van der Waals surface area contributed by atoms with Gasteiger partial charge in [-0.05, 0) is 70.7 Å². The van der Waals surface area contributed by atoms with Gasteiger partial charge < -0.3 is 19.7 Å². The lowest BCUT2D eigenvalue weighted by atomic mass is 9.97. The van der Waals surface area contributed by atoms with Gasteiger partial charge in [0.2, 0.25) is 0 Å². The van der Waals surface area contributed by atoms with Crippen LogP contribution in [0.5, 0.6) is 5.75 Å². The first-order chi connectivity index (χ1) is 14.3. The number of amides is 2. The zero-order chi connectivity index (χ0) is 22.1. The minimum atomic E-state index is -0.878. The summed E-state index contributed by atoms with van der Waals surface area (Å²) < 4.78 is 10.8. The van der Waals surface area contributed by atoms with Crippen molar-refractivity contribution in [3.63, 3.8) is 0 Å². The molecule has 0 unspecified atom stereocenters. The molecule has 1 heterocycles. The number of carbonyl (C=O) groups excluding carboxylic acids is 3. The smallest absolute Gasteiger partial charge is 0.326 e. The highest BCUT2D eigenvalue weighted by molar-refractivity contribution is 5.96. The van der Waals surface area contributed by atoms with E-state index in [2.05, 4.69) is 12.2 Å². The third-order valence-electron chi connectivity index (χ3n) is 5.38. The van der Waals surface area contributed by atoms with E-state index in [0.717, 1.165) is 32.1 Å². The number of ether oxygens (including phenoxy) is 2. The number of nitrogens with zero attached hydrogens (tertiary/aromatic N) is 1. The minimum Gasteiger partial charge on any atom is -0.494 e. The van der Waals surface area contributed by atoms with Crippen molar-refractivity contribution in [3.8, 4) is 5.75 Å². The Balaban J connectivity index is 1.79. The van der Waals surface area contributed by atoms with Crippen LogP contribution in [0.2, 0.25) is 0 Å². The molecule has 30 heavy (non-hydrogen) atoms. The fraction of sp³-hybridized carbons (Fsp3) is 0.609. The highest BCUT2D eigenvalue weighted by Gasteiger charge is 2.33. The Morgan fingerprint density at radius 1 is 1.13 bits per heavy atom. The molecule has 0 saturated carbocycles. The topological polar surface area (TPSA) is 84.9 Å². The second kappa shape index (κ2) is 11.6. The second-order valence-corrected chi connectivity index (χ2v) is 7.92. The third kappa shape index (κ3) is 6.75. The lowest BCUT2D eigenvalue weighted by Crippen LogP contribution is -2.51. The summed E-state index contributed by atoms with van der Waals surface area (Å²) in [5.41, 5.74) is 0.422. The standard InChI is InChI=1S/C23H34N2O5/c1-5-6-14-29-20-12-10-19(11-13-20)22(27)24-15-21(26)30-18(4)23(28)25-16(2)8-7-9-17(25)3/h10-13,16-18H,5-9,14-15H2,1-4H3,(H,24,27)/t16-,17+,18-/m0/s1. The molecule has 0 aliphatic carbocycles. The van der Waals surface area contributed by atoms with Crippen LogP contribution in [0.4, 0.5) is 0 Å². The molecule has 1 aliphatic heterocycles. The van der Waals surface area contributed by atoms with Crippen LogP contribution < -0.4 is 10.1 Å². The van der Waals surface area contributed by atoms with E-state index in [-0.39, 0.29) is 30.4 Å². The summed E-state index contributed by atoms with van der Waals surface area (Å²) in [5.74, 6) is -0.508. The van der Waals surface area contributed by atoms with E-state index < -0.39 is 12.1 Å². The molecule has 1 N–H and O–H groups in total. The Kier molecular flexibility index (Phi) is 9.15. The molecule has 1 saturated heterocycles. The van der Waals surface area contributed by atoms with Crippen LogP contribution >= 0.6 is 0 Å². The van der Waals surface area contributed by atoms with Crippen molar-refractivity contribution in [2.75, 3.05) is 13.2 Å². The summed E-state index contributed by atoms with van der Waals surface area (Å²) in [6.45, 7) is 8.04. The predicted octanol–water partition coefficient (Wildman–Crippen LogP) is 3.32. The van der Waals surface area contributed by atoms with Crippen LogP contribution in [0.3, 0.4) is 0 Å². The van der Waals surface area contributed by atoms with Gasteiger partial charge in [0.25, 0.3) is 11.8 Å². The summed E-state index contributed by atoms with van der Waals surface area (Å²) in [5, 5.41) is 2.53. The Morgan fingerprint density at radius 3 is 2.37 bits per heavy atom. The molecule has 166 valence electrons. The van der Waals surface area contributed by atoms with Gasteiger partial charge in [-0.15, -0.1) is 0 Å². The van der Waals surface area contributed by atoms with Crippen LogP contribution in [-0.2, 0) is 14.3 Å². The molecule has 0 aromatic heterocycles. The number of hydrogen-bond acceptors (Lipinski definition) is 5. The maximum Gasteiger partial charge on any atom is 0.326 e. The summed E-state index contributed by atoms with van der Waals surface area (Å²) in [6.07, 6.45) is 4.15. The summed E-state index contributed by atoms with van der Waals surface area (Å²) in [7, 11) is 0. The van der Waals surface area contributed by atoms with Gasteiger partial charge in [-0.25, -0.2) is 0 Å². The van der Waals surface area contributed by atoms with Crippen LogP contribution in [0.15, 0.2) is 24.3 Å². The van der Waals surface area contributed by atoms with Gasteiger partial charge in [0.15, 0.2) is 6.10 Å². The van der Waals surface area contributed by atoms with Crippen molar-refractivity contribution in [3.05, 3.63) is 29.8 Å². The third-order valence-corrected chi connectivity index (χ3v) is 5.38. The lowest BCUT2D eigenvalue weighted by Gasteiger charge is -2.40. The molecule has 0 spiro atoms. The van der Waals surface area contributed by atoms with Crippen molar-refractivity contribution in [2.45, 2.75) is 78.0 Å². The van der Waals surface area contributed by atoms with Gasteiger partial charge >= 0.3 is 5.97 Å². The molecule has 3 atom stereocenters. The number of rotatable bonds is 9. The van der Waals surface area contributed by atoms with E-state index in [1.54, 1.807) is 31.2 Å². The molecular weight excluding hydrogens is 384 g/mol. The predicted molar refractivity (Wildman–Crippen MR) is 114 cm³/mol. The Bertz CT molecular complexity index is 709. The number of nitrogens with one attached hydrogen (secondary N) is 1. The number of likely N-dealkylation sites (tertiary alicyclic amines) is 1. The largest absolute Gasteiger partial charge is 0.494 e. The number of esters is 1. The zero-order valence-corrected chi connectivity index (χ0v) is 18.5. The quantitative estimate of drug-likeness (QED) is 0.491. The average molecular weight is 419 g/mol. The molecule has 0 radical (unpaired) electrons. The van der Waals surface area contributed by atoms with E-state index in [4.69, 9.17) is 9.47 Å². The van der Waals surface area contributed by atoms with Crippen molar-refractivity contribution in [1.82, 2.24) is 10.2 Å². The first-order valence-electron chi connectivity index (χ1n) is 10.9. The van der Waals surface area contributed by atoms with E-state index in [9.17, 15) is 14.4 Å². The maximum atomic E-state index is 12.7. The van der Waals surface area contributed by atoms with Crippen LogP contribution in [0, 0.1) is 0 Å². The van der Waals surface area contributed by atoms with Crippen molar-refractivity contribution in [1.29, 1.82) is 0 Å². The average Bonchev–Trinajstić information content (AvgIpc) is 2.72. The van der Waals surface area contributed by atoms with E-state index >= 15 is 0 Å². The number of carbonyl (C=O) groups is 3. The summed E-state index contributed by atoms with van der Waals surface area (Å²) >= 11 is 0. The van der Waals surface area contributed by atoms with Gasteiger partial charge in [0, 0.05) is 17.6 Å². The monoisotopic (exact) mass is 418 g/mol. The number of hydrogen-bond donors (Lipinski definition) is 1. The van der Waals surface area contributed by atoms with Crippen molar-refractivity contribution in [2.24, 2.45) is 0 Å². The van der Waals surface area contributed by atoms with Crippen LogP contribution in [0.25, 0.3) is 0 Å². The van der Waals surface area contributed by atoms with Crippen LogP contribution in [-0.4, -0.2) is 54.0 Å². The molecule has 1 aromatic carbocycles. The molecule has 1 fully saturated rings. The molecular formula is C23H34N2O5. The van der Waals surface area contributed by atoms with Gasteiger partial charge in [-0.3, -0.25) is 14.4 Å².